The normalized spacial score (nSPS) is 10.8. The first-order valence-corrected chi connectivity index (χ1v) is 8.89. The van der Waals surface area contributed by atoms with Crippen molar-refractivity contribution in [3.63, 3.8) is 0 Å². The molecule has 2 aromatic rings. The van der Waals surface area contributed by atoms with Crippen molar-refractivity contribution in [2.75, 3.05) is 6.61 Å². The van der Waals surface area contributed by atoms with Gasteiger partial charge in [0.2, 0.25) is 5.91 Å². The molecular formula is C17H21ClN2O2S. The summed E-state index contributed by atoms with van der Waals surface area (Å²) in [5, 5.41) is 6.67. The van der Waals surface area contributed by atoms with E-state index >= 15 is 0 Å². The molecule has 23 heavy (non-hydrogen) atoms. The van der Waals surface area contributed by atoms with Gasteiger partial charge in [0.25, 0.3) is 0 Å². The summed E-state index contributed by atoms with van der Waals surface area (Å²) in [4.78, 5) is 16.3. The van der Waals surface area contributed by atoms with Crippen LogP contribution in [0, 0.1) is 0 Å². The zero-order valence-corrected chi connectivity index (χ0v) is 14.9. The molecule has 124 valence electrons. The maximum absolute atomic E-state index is 11.8. The Bertz CT molecular complexity index is 626. The van der Waals surface area contributed by atoms with E-state index in [4.69, 9.17) is 16.3 Å². The molecule has 1 N–H and O–H groups in total. The quantitative estimate of drug-likeness (QED) is 0.716. The first-order valence-electron chi connectivity index (χ1n) is 7.64. The number of rotatable bonds is 8. The molecule has 0 bridgehead atoms. The minimum atomic E-state index is 0.0174. The highest BCUT2D eigenvalue weighted by Gasteiger charge is 2.07. The standard InChI is InChI=1S/C17H21ClN2O2S/c1-12(2)17-20-14(11-23-17)10-19-16(21)4-3-9-22-15-7-5-13(18)6-8-15/h5-8,11-12H,3-4,9-10H2,1-2H3,(H,19,21). The second-order valence-corrected chi connectivity index (χ2v) is 6.84. The van der Waals surface area contributed by atoms with Crippen LogP contribution in [0.4, 0.5) is 0 Å². The first kappa shape index (κ1) is 17.8. The highest BCUT2D eigenvalue weighted by atomic mass is 35.5. The number of benzene rings is 1. The number of hydrogen-bond acceptors (Lipinski definition) is 4. The van der Waals surface area contributed by atoms with Crippen LogP contribution in [-0.2, 0) is 11.3 Å². The largest absolute Gasteiger partial charge is 0.494 e. The molecule has 2 rings (SSSR count). The van der Waals surface area contributed by atoms with Crippen molar-refractivity contribution in [1.29, 1.82) is 0 Å². The van der Waals surface area contributed by atoms with Crippen molar-refractivity contribution in [1.82, 2.24) is 10.3 Å². The zero-order valence-electron chi connectivity index (χ0n) is 13.3. The van der Waals surface area contributed by atoms with Crippen molar-refractivity contribution in [2.24, 2.45) is 0 Å². The third-order valence-electron chi connectivity index (χ3n) is 3.16. The maximum atomic E-state index is 11.8. The third kappa shape index (κ3) is 6.20. The fourth-order valence-electron chi connectivity index (χ4n) is 1.90. The van der Waals surface area contributed by atoms with Crippen LogP contribution >= 0.6 is 22.9 Å². The lowest BCUT2D eigenvalue weighted by atomic mass is 10.2. The minimum Gasteiger partial charge on any atom is -0.494 e. The Balaban J connectivity index is 1.62. The van der Waals surface area contributed by atoms with Gasteiger partial charge in [0.05, 0.1) is 23.9 Å². The first-order chi connectivity index (χ1) is 11.0. The number of thiazole rings is 1. The Kier molecular flexibility index (Phi) is 6.86. The summed E-state index contributed by atoms with van der Waals surface area (Å²) in [6.45, 7) is 5.22. The molecule has 1 aromatic heterocycles. The van der Waals surface area contributed by atoms with Gasteiger partial charge in [-0.1, -0.05) is 25.4 Å². The molecule has 0 aliphatic heterocycles. The van der Waals surface area contributed by atoms with Gasteiger partial charge in [0, 0.05) is 22.7 Å². The molecule has 0 radical (unpaired) electrons. The number of nitrogens with one attached hydrogen (secondary N) is 1. The monoisotopic (exact) mass is 352 g/mol. The second kappa shape index (κ2) is 8.89. The predicted octanol–water partition coefficient (Wildman–Crippen LogP) is 4.40. The Hall–Kier alpha value is -1.59. The fraction of sp³-hybridized carbons (Fsp3) is 0.412. The van der Waals surface area contributed by atoms with E-state index in [1.165, 1.54) is 0 Å². The van der Waals surface area contributed by atoms with E-state index < -0.39 is 0 Å². The molecule has 0 fully saturated rings. The molecule has 0 saturated heterocycles. The van der Waals surface area contributed by atoms with Crippen molar-refractivity contribution < 1.29 is 9.53 Å². The van der Waals surface area contributed by atoms with Crippen molar-refractivity contribution >= 4 is 28.8 Å². The molecule has 1 heterocycles. The maximum Gasteiger partial charge on any atom is 0.220 e. The molecule has 1 amide bonds. The van der Waals surface area contributed by atoms with E-state index in [1.54, 1.807) is 23.5 Å². The van der Waals surface area contributed by atoms with Gasteiger partial charge >= 0.3 is 0 Å². The van der Waals surface area contributed by atoms with E-state index in [2.05, 4.69) is 24.1 Å². The average Bonchev–Trinajstić information content (AvgIpc) is 3.00. The molecule has 0 aliphatic rings. The number of carbonyl (C=O) groups is 1. The summed E-state index contributed by atoms with van der Waals surface area (Å²) in [6.07, 6.45) is 1.11. The van der Waals surface area contributed by atoms with Crippen LogP contribution in [0.25, 0.3) is 0 Å². The van der Waals surface area contributed by atoms with E-state index in [-0.39, 0.29) is 5.91 Å². The van der Waals surface area contributed by atoms with Crippen LogP contribution in [0.3, 0.4) is 0 Å². The van der Waals surface area contributed by atoms with Gasteiger partial charge in [-0.3, -0.25) is 4.79 Å². The highest BCUT2D eigenvalue weighted by molar-refractivity contribution is 7.09. The van der Waals surface area contributed by atoms with Crippen LogP contribution in [0.5, 0.6) is 5.75 Å². The van der Waals surface area contributed by atoms with Gasteiger partial charge in [0.15, 0.2) is 0 Å². The molecule has 0 saturated carbocycles. The van der Waals surface area contributed by atoms with Gasteiger partial charge in [-0.25, -0.2) is 4.98 Å². The predicted molar refractivity (Wildman–Crippen MR) is 94.2 cm³/mol. The molecule has 4 nitrogen and oxygen atoms in total. The number of carbonyl (C=O) groups excluding carboxylic acids is 1. The zero-order chi connectivity index (χ0) is 16.7. The van der Waals surface area contributed by atoms with E-state index in [9.17, 15) is 4.79 Å². The van der Waals surface area contributed by atoms with Crippen LogP contribution < -0.4 is 10.1 Å². The Morgan fingerprint density at radius 2 is 2.09 bits per heavy atom. The van der Waals surface area contributed by atoms with Crippen molar-refractivity contribution in [3.8, 4) is 5.75 Å². The van der Waals surface area contributed by atoms with Gasteiger partial charge in [-0.2, -0.15) is 0 Å². The Morgan fingerprint density at radius 1 is 1.35 bits per heavy atom. The van der Waals surface area contributed by atoms with Gasteiger partial charge in [-0.05, 0) is 30.7 Å². The summed E-state index contributed by atoms with van der Waals surface area (Å²) in [5.74, 6) is 1.21. The summed E-state index contributed by atoms with van der Waals surface area (Å²) < 4.78 is 5.55. The molecule has 0 aliphatic carbocycles. The minimum absolute atomic E-state index is 0.0174. The molecule has 0 atom stereocenters. The highest BCUT2D eigenvalue weighted by Crippen LogP contribution is 2.19. The Labute approximate surface area is 145 Å². The van der Waals surface area contributed by atoms with Gasteiger partial charge < -0.3 is 10.1 Å². The average molecular weight is 353 g/mol. The van der Waals surface area contributed by atoms with E-state index in [1.807, 2.05) is 17.5 Å². The third-order valence-corrected chi connectivity index (χ3v) is 4.61. The van der Waals surface area contributed by atoms with Crippen molar-refractivity contribution in [3.05, 3.63) is 45.4 Å². The van der Waals surface area contributed by atoms with Crippen molar-refractivity contribution in [2.45, 2.75) is 39.2 Å². The molecule has 0 spiro atoms. The van der Waals surface area contributed by atoms with E-state index in [0.29, 0.717) is 36.9 Å². The lowest BCUT2D eigenvalue weighted by Gasteiger charge is -2.06. The number of ether oxygens (including phenoxy) is 1. The lowest BCUT2D eigenvalue weighted by Crippen LogP contribution is -2.23. The van der Waals surface area contributed by atoms with Crippen LogP contribution in [0.2, 0.25) is 5.02 Å². The van der Waals surface area contributed by atoms with Crippen LogP contribution in [0.15, 0.2) is 29.6 Å². The number of hydrogen-bond donors (Lipinski definition) is 1. The molecule has 0 unspecified atom stereocenters. The molecule has 6 heteroatoms. The summed E-state index contributed by atoms with van der Waals surface area (Å²) in [5.41, 5.74) is 0.921. The summed E-state index contributed by atoms with van der Waals surface area (Å²) in [7, 11) is 0. The SMILES string of the molecule is CC(C)c1nc(CNC(=O)CCCOc2ccc(Cl)cc2)cs1. The lowest BCUT2D eigenvalue weighted by molar-refractivity contribution is -0.121. The van der Waals surface area contributed by atoms with Crippen LogP contribution in [-0.4, -0.2) is 17.5 Å². The van der Waals surface area contributed by atoms with Crippen LogP contribution in [0.1, 0.15) is 43.3 Å². The number of aromatic nitrogens is 1. The van der Waals surface area contributed by atoms with E-state index in [0.717, 1.165) is 16.5 Å². The summed E-state index contributed by atoms with van der Waals surface area (Å²) in [6, 6.07) is 7.19. The van der Waals surface area contributed by atoms with Gasteiger partial charge in [-0.15, -0.1) is 11.3 Å². The second-order valence-electron chi connectivity index (χ2n) is 5.51. The smallest absolute Gasteiger partial charge is 0.220 e. The topological polar surface area (TPSA) is 51.2 Å². The Morgan fingerprint density at radius 3 is 2.74 bits per heavy atom. The fourth-order valence-corrected chi connectivity index (χ4v) is 2.86. The number of halogens is 1. The summed E-state index contributed by atoms with van der Waals surface area (Å²) >= 11 is 7.44. The van der Waals surface area contributed by atoms with Gasteiger partial charge in [0.1, 0.15) is 5.75 Å². The molecular weight excluding hydrogens is 332 g/mol. The molecule has 1 aromatic carbocycles. The number of amides is 1. The number of nitrogens with zero attached hydrogens (tertiary/aromatic N) is 1.